The summed E-state index contributed by atoms with van der Waals surface area (Å²) < 4.78 is 18.9. The molecule has 0 atom stereocenters. The van der Waals surface area contributed by atoms with E-state index in [1.165, 1.54) is 6.07 Å². The summed E-state index contributed by atoms with van der Waals surface area (Å²) in [5.41, 5.74) is 0.112. The van der Waals surface area contributed by atoms with Gasteiger partial charge in [0.05, 0.1) is 0 Å². The second kappa shape index (κ2) is 8.13. The van der Waals surface area contributed by atoms with E-state index < -0.39 is 5.60 Å². The van der Waals surface area contributed by atoms with Gasteiger partial charge in [0.1, 0.15) is 11.4 Å². The lowest BCUT2D eigenvalue weighted by Crippen LogP contribution is -2.44. The van der Waals surface area contributed by atoms with Crippen molar-refractivity contribution in [3.63, 3.8) is 0 Å². The Bertz CT molecular complexity index is 484. The predicted octanol–water partition coefficient (Wildman–Crippen LogP) is 3.56. The van der Waals surface area contributed by atoms with Gasteiger partial charge in [0, 0.05) is 31.2 Å². The smallest absolute Gasteiger partial charge is 0.410 e. The summed E-state index contributed by atoms with van der Waals surface area (Å²) in [7, 11) is 0. The van der Waals surface area contributed by atoms with Gasteiger partial charge in [0.15, 0.2) is 0 Å². The van der Waals surface area contributed by atoms with Gasteiger partial charge in [-0.3, -0.25) is 0 Å². The summed E-state index contributed by atoms with van der Waals surface area (Å²) in [5, 5.41) is 3.16. The first-order chi connectivity index (χ1) is 10.2. The molecule has 22 heavy (non-hydrogen) atoms. The Morgan fingerprint density at radius 1 is 1.32 bits per heavy atom. The van der Waals surface area contributed by atoms with Crippen molar-refractivity contribution in [1.82, 2.24) is 10.2 Å². The molecule has 5 heteroatoms. The van der Waals surface area contributed by atoms with Crippen LogP contribution >= 0.6 is 0 Å². The van der Waals surface area contributed by atoms with Crippen LogP contribution in [-0.2, 0) is 11.3 Å². The fraction of sp³-hybridized carbons (Fsp3) is 0.588. The molecule has 0 radical (unpaired) electrons. The number of amides is 1. The lowest BCUT2D eigenvalue weighted by molar-refractivity contribution is 0.0193. The van der Waals surface area contributed by atoms with E-state index in [1.54, 1.807) is 23.1 Å². The maximum absolute atomic E-state index is 13.5. The van der Waals surface area contributed by atoms with Crippen LogP contribution in [0.1, 0.15) is 40.2 Å². The summed E-state index contributed by atoms with van der Waals surface area (Å²) >= 11 is 0. The number of carbonyl (C=O) groups is 1. The number of carbonyl (C=O) groups excluding carboxylic acids is 1. The van der Waals surface area contributed by atoms with Crippen molar-refractivity contribution in [3.05, 3.63) is 35.6 Å². The van der Waals surface area contributed by atoms with Gasteiger partial charge in [0.25, 0.3) is 0 Å². The molecule has 0 heterocycles. The Hall–Kier alpha value is -1.62. The highest BCUT2D eigenvalue weighted by atomic mass is 19.1. The van der Waals surface area contributed by atoms with Crippen LogP contribution in [0.15, 0.2) is 24.3 Å². The van der Waals surface area contributed by atoms with Crippen molar-refractivity contribution < 1.29 is 13.9 Å². The van der Waals surface area contributed by atoms with Crippen LogP contribution in [0.3, 0.4) is 0 Å². The fourth-order valence-corrected chi connectivity index (χ4v) is 1.95. The third-order valence-electron chi connectivity index (χ3n) is 3.05. The van der Waals surface area contributed by atoms with E-state index in [0.717, 1.165) is 0 Å². The van der Waals surface area contributed by atoms with Gasteiger partial charge in [-0.25, -0.2) is 9.18 Å². The number of ether oxygens (including phenoxy) is 1. The van der Waals surface area contributed by atoms with Crippen molar-refractivity contribution in [2.75, 3.05) is 13.1 Å². The second-order valence-electron chi connectivity index (χ2n) is 6.54. The highest BCUT2D eigenvalue weighted by molar-refractivity contribution is 5.68. The molecule has 4 nitrogen and oxygen atoms in total. The summed E-state index contributed by atoms with van der Waals surface area (Å²) in [6.07, 6.45) is -0.324. The first-order valence-corrected chi connectivity index (χ1v) is 7.64. The first kappa shape index (κ1) is 18.4. The van der Waals surface area contributed by atoms with Crippen molar-refractivity contribution in [3.8, 4) is 0 Å². The molecule has 0 aliphatic heterocycles. The van der Waals surface area contributed by atoms with Crippen LogP contribution in [0.25, 0.3) is 0 Å². The number of nitrogens with one attached hydrogen (secondary N) is 1. The average Bonchev–Trinajstić information content (AvgIpc) is 2.37. The molecule has 1 rings (SSSR count). The molecule has 0 unspecified atom stereocenters. The number of halogens is 1. The second-order valence-corrected chi connectivity index (χ2v) is 6.54. The molecule has 0 aliphatic carbocycles. The topological polar surface area (TPSA) is 41.6 Å². The van der Waals surface area contributed by atoms with Crippen LogP contribution in [0.5, 0.6) is 0 Å². The average molecular weight is 310 g/mol. The van der Waals surface area contributed by atoms with Gasteiger partial charge in [-0.05, 0) is 40.7 Å². The summed E-state index contributed by atoms with van der Waals surface area (Å²) in [4.78, 5) is 13.8. The Morgan fingerprint density at radius 3 is 2.50 bits per heavy atom. The molecule has 0 saturated heterocycles. The van der Waals surface area contributed by atoms with Crippen LogP contribution in [0, 0.1) is 5.82 Å². The predicted molar refractivity (Wildman–Crippen MR) is 86.2 cm³/mol. The molecule has 1 aromatic carbocycles. The van der Waals surface area contributed by atoms with Gasteiger partial charge < -0.3 is 15.0 Å². The molecule has 1 amide bonds. The Kier molecular flexibility index (Phi) is 6.81. The van der Waals surface area contributed by atoms with Crippen molar-refractivity contribution in [2.45, 2.75) is 52.8 Å². The quantitative estimate of drug-likeness (QED) is 0.817. The normalized spacial score (nSPS) is 11.6. The monoisotopic (exact) mass is 310 g/mol. The molecular formula is C17H27FN2O2. The summed E-state index contributed by atoms with van der Waals surface area (Å²) in [6.45, 7) is 11.0. The molecule has 1 aromatic rings. The standard InChI is InChI=1S/C17H27FN2O2/c1-13(2)20(16(21)22-17(3,4)5)11-10-19-12-14-8-6-7-9-15(14)18/h6-9,13,19H,10-12H2,1-5H3. The van der Waals surface area contributed by atoms with Crippen LogP contribution in [0.4, 0.5) is 9.18 Å². The highest BCUT2D eigenvalue weighted by Gasteiger charge is 2.23. The number of benzene rings is 1. The van der Waals surface area contributed by atoms with Crippen LogP contribution in [0.2, 0.25) is 0 Å². The number of hydrogen-bond donors (Lipinski definition) is 1. The van der Waals surface area contributed by atoms with Gasteiger partial charge >= 0.3 is 6.09 Å². The van der Waals surface area contributed by atoms with Crippen LogP contribution < -0.4 is 5.32 Å². The molecule has 1 N–H and O–H groups in total. The van der Waals surface area contributed by atoms with Crippen molar-refractivity contribution in [2.24, 2.45) is 0 Å². The van der Waals surface area contributed by atoms with E-state index in [9.17, 15) is 9.18 Å². The van der Waals surface area contributed by atoms with Gasteiger partial charge in [-0.1, -0.05) is 18.2 Å². The SMILES string of the molecule is CC(C)N(CCNCc1ccccc1F)C(=O)OC(C)(C)C. The van der Waals surface area contributed by atoms with Crippen molar-refractivity contribution >= 4 is 6.09 Å². The minimum Gasteiger partial charge on any atom is -0.444 e. The zero-order valence-electron chi connectivity index (χ0n) is 14.1. The maximum atomic E-state index is 13.5. The van der Waals surface area contributed by atoms with E-state index in [2.05, 4.69) is 5.32 Å². The Balaban J connectivity index is 2.45. The van der Waals surface area contributed by atoms with E-state index in [4.69, 9.17) is 4.74 Å². The molecular weight excluding hydrogens is 283 g/mol. The van der Waals surface area contributed by atoms with E-state index in [-0.39, 0.29) is 18.0 Å². The van der Waals surface area contributed by atoms with Crippen molar-refractivity contribution in [1.29, 1.82) is 0 Å². The third kappa shape index (κ3) is 6.43. The number of nitrogens with zero attached hydrogens (tertiary/aromatic N) is 1. The molecule has 0 bridgehead atoms. The molecule has 0 spiro atoms. The van der Waals surface area contributed by atoms with E-state index in [1.807, 2.05) is 34.6 Å². The Labute approximate surface area is 132 Å². The summed E-state index contributed by atoms with van der Waals surface area (Å²) in [5.74, 6) is -0.220. The zero-order chi connectivity index (χ0) is 16.8. The highest BCUT2D eigenvalue weighted by Crippen LogP contribution is 2.11. The maximum Gasteiger partial charge on any atom is 0.410 e. The lowest BCUT2D eigenvalue weighted by Gasteiger charge is -2.30. The molecule has 0 saturated carbocycles. The molecule has 0 fully saturated rings. The Morgan fingerprint density at radius 2 is 1.95 bits per heavy atom. The number of hydrogen-bond acceptors (Lipinski definition) is 3. The lowest BCUT2D eigenvalue weighted by atomic mass is 10.2. The van der Waals surface area contributed by atoms with Gasteiger partial charge in [-0.15, -0.1) is 0 Å². The minimum atomic E-state index is -0.509. The van der Waals surface area contributed by atoms with Gasteiger partial charge in [0.2, 0.25) is 0 Å². The van der Waals surface area contributed by atoms with E-state index >= 15 is 0 Å². The third-order valence-corrected chi connectivity index (χ3v) is 3.05. The van der Waals surface area contributed by atoms with Gasteiger partial charge in [-0.2, -0.15) is 0 Å². The van der Waals surface area contributed by atoms with Crippen LogP contribution in [-0.4, -0.2) is 35.7 Å². The molecule has 0 aromatic heterocycles. The largest absolute Gasteiger partial charge is 0.444 e. The molecule has 124 valence electrons. The number of rotatable bonds is 6. The van der Waals surface area contributed by atoms with E-state index in [0.29, 0.717) is 25.2 Å². The minimum absolute atomic E-state index is 0.0464. The first-order valence-electron chi connectivity index (χ1n) is 7.64. The summed E-state index contributed by atoms with van der Waals surface area (Å²) in [6, 6.07) is 6.71. The molecule has 0 aliphatic rings. The fourth-order valence-electron chi connectivity index (χ4n) is 1.95. The zero-order valence-corrected chi connectivity index (χ0v) is 14.1.